The van der Waals surface area contributed by atoms with Crippen molar-refractivity contribution in [2.75, 3.05) is 7.11 Å². The fourth-order valence-corrected chi connectivity index (χ4v) is 1.56. The molecule has 0 amide bonds. The molecule has 17 heavy (non-hydrogen) atoms. The molecule has 0 atom stereocenters. The van der Waals surface area contributed by atoms with E-state index in [9.17, 15) is 10.1 Å². The molecule has 1 aromatic carbocycles. The predicted octanol–water partition coefficient (Wildman–Crippen LogP) is 2.67. The Morgan fingerprint density at radius 2 is 2.18 bits per heavy atom. The minimum absolute atomic E-state index is 0.0321. The number of aromatic nitrogens is 1. The Balaban J connectivity index is 2.58. The SMILES string of the molecule is COc1ccc([N+](=O)[O-])cc1-c1cccnc1. The quantitative estimate of drug-likeness (QED) is 0.600. The third-order valence-electron chi connectivity index (χ3n) is 2.37. The average molecular weight is 230 g/mol. The first-order valence-electron chi connectivity index (χ1n) is 4.95. The lowest BCUT2D eigenvalue weighted by Crippen LogP contribution is -1.92. The van der Waals surface area contributed by atoms with Gasteiger partial charge in [-0.1, -0.05) is 6.07 Å². The molecule has 0 saturated carbocycles. The van der Waals surface area contributed by atoms with Crippen molar-refractivity contribution in [1.82, 2.24) is 4.98 Å². The summed E-state index contributed by atoms with van der Waals surface area (Å²) in [5.41, 5.74) is 1.48. The minimum Gasteiger partial charge on any atom is -0.496 e. The van der Waals surface area contributed by atoms with Crippen molar-refractivity contribution in [1.29, 1.82) is 0 Å². The Morgan fingerprint density at radius 1 is 1.35 bits per heavy atom. The molecule has 86 valence electrons. The zero-order valence-corrected chi connectivity index (χ0v) is 9.16. The molecule has 2 rings (SSSR count). The molecular formula is C12H10N2O3. The van der Waals surface area contributed by atoms with Crippen molar-refractivity contribution in [2.45, 2.75) is 0 Å². The van der Waals surface area contributed by atoms with Gasteiger partial charge in [0, 0.05) is 35.7 Å². The largest absolute Gasteiger partial charge is 0.496 e. The number of benzene rings is 1. The number of ether oxygens (including phenoxy) is 1. The summed E-state index contributed by atoms with van der Waals surface area (Å²) in [7, 11) is 1.53. The van der Waals surface area contributed by atoms with E-state index in [1.165, 1.54) is 19.2 Å². The first-order valence-corrected chi connectivity index (χ1v) is 4.95. The first kappa shape index (κ1) is 11.1. The lowest BCUT2D eigenvalue weighted by atomic mass is 10.1. The van der Waals surface area contributed by atoms with Gasteiger partial charge in [-0.3, -0.25) is 15.1 Å². The van der Waals surface area contributed by atoms with E-state index in [0.717, 1.165) is 5.56 Å². The van der Waals surface area contributed by atoms with Crippen LogP contribution >= 0.6 is 0 Å². The second-order valence-electron chi connectivity index (χ2n) is 3.38. The molecule has 0 aliphatic carbocycles. The van der Waals surface area contributed by atoms with Crippen molar-refractivity contribution < 1.29 is 9.66 Å². The van der Waals surface area contributed by atoms with E-state index in [2.05, 4.69) is 4.98 Å². The van der Waals surface area contributed by atoms with E-state index in [0.29, 0.717) is 11.3 Å². The number of hydrogen-bond acceptors (Lipinski definition) is 4. The fourth-order valence-electron chi connectivity index (χ4n) is 1.56. The third kappa shape index (κ3) is 2.23. The standard InChI is InChI=1S/C12H10N2O3/c1-17-12-5-4-10(14(15)16)7-11(12)9-3-2-6-13-8-9/h2-8H,1H3. The molecular weight excluding hydrogens is 220 g/mol. The first-order chi connectivity index (χ1) is 8.22. The van der Waals surface area contributed by atoms with Crippen LogP contribution in [-0.2, 0) is 0 Å². The number of hydrogen-bond donors (Lipinski definition) is 0. The van der Waals surface area contributed by atoms with E-state index < -0.39 is 4.92 Å². The minimum atomic E-state index is -0.431. The highest BCUT2D eigenvalue weighted by atomic mass is 16.6. The lowest BCUT2D eigenvalue weighted by Gasteiger charge is -2.07. The Labute approximate surface area is 97.8 Å². The third-order valence-corrected chi connectivity index (χ3v) is 2.37. The number of nitro benzene ring substituents is 1. The summed E-state index contributed by atoms with van der Waals surface area (Å²) >= 11 is 0. The van der Waals surface area contributed by atoms with Crippen molar-refractivity contribution >= 4 is 5.69 Å². The van der Waals surface area contributed by atoms with Crippen LogP contribution in [0, 0.1) is 10.1 Å². The molecule has 0 aliphatic heterocycles. The number of nitrogens with zero attached hydrogens (tertiary/aromatic N) is 2. The molecule has 5 heteroatoms. The van der Waals surface area contributed by atoms with Crippen LogP contribution in [0.2, 0.25) is 0 Å². The van der Waals surface area contributed by atoms with Crippen LogP contribution in [0.5, 0.6) is 5.75 Å². The van der Waals surface area contributed by atoms with Gasteiger partial charge in [0.25, 0.3) is 5.69 Å². The van der Waals surface area contributed by atoms with Gasteiger partial charge in [0.15, 0.2) is 0 Å². The van der Waals surface area contributed by atoms with Crippen LogP contribution in [0.1, 0.15) is 0 Å². The topological polar surface area (TPSA) is 65.3 Å². The molecule has 0 spiro atoms. The Hall–Kier alpha value is -2.43. The maximum absolute atomic E-state index is 10.7. The molecule has 0 aliphatic rings. The van der Waals surface area contributed by atoms with Crippen LogP contribution in [0.25, 0.3) is 11.1 Å². The summed E-state index contributed by atoms with van der Waals surface area (Å²) in [5.74, 6) is 0.587. The van der Waals surface area contributed by atoms with Crippen molar-refractivity contribution in [2.24, 2.45) is 0 Å². The predicted molar refractivity (Wildman–Crippen MR) is 62.9 cm³/mol. The van der Waals surface area contributed by atoms with Gasteiger partial charge < -0.3 is 4.74 Å². The van der Waals surface area contributed by atoms with Crippen LogP contribution in [0.15, 0.2) is 42.7 Å². The normalized spacial score (nSPS) is 9.94. The number of nitro groups is 1. The molecule has 1 aromatic heterocycles. The van der Waals surface area contributed by atoms with Gasteiger partial charge in [0.05, 0.1) is 12.0 Å². The second-order valence-corrected chi connectivity index (χ2v) is 3.38. The van der Waals surface area contributed by atoms with Crippen molar-refractivity contribution in [3.8, 4) is 16.9 Å². The summed E-state index contributed by atoms with van der Waals surface area (Å²) in [6.07, 6.45) is 3.29. The van der Waals surface area contributed by atoms with Crippen LogP contribution in [-0.4, -0.2) is 17.0 Å². The van der Waals surface area contributed by atoms with Crippen molar-refractivity contribution in [3.05, 3.63) is 52.8 Å². The summed E-state index contributed by atoms with van der Waals surface area (Å²) < 4.78 is 5.18. The van der Waals surface area contributed by atoms with Crippen LogP contribution in [0.3, 0.4) is 0 Å². The highest BCUT2D eigenvalue weighted by Crippen LogP contribution is 2.32. The van der Waals surface area contributed by atoms with E-state index in [1.54, 1.807) is 24.5 Å². The molecule has 0 N–H and O–H groups in total. The number of non-ortho nitro benzene ring substituents is 1. The molecule has 0 radical (unpaired) electrons. The molecule has 0 bridgehead atoms. The summed E-state index contributed by atoms with van der Waals surface area (Å²) in [6.45, 7) is 0. The lowest BCUT2D eigenvalue weighted by molar-refractivity contribution is -0.384. The molecule has 1 heterocycles. The van der Waals surface area contributed by atoms with Gasteiger partial charge in [-0.05, 0) is 12.1 Å². The van der Waals surface area contributed by atoms with Gasteiger partial charge in [-0.15, -0.1) is 0 Å². The Kier molecular flexibility index (Phi) is 3.00. The maximum atomic E-state index is 10.7. The monoisotopic (exact) mass is 230 g/mol. The van der Waals surface area contributed by atoms with Gasteiger partial charge in [-0.25, -0.2) is 0 Å². The summed E-state index contributed by atoms with van der Waals surface area (Å²) in [5, 5.41) is 10.7. The highest BCUT2D eigenvalue weighted by Gasteiger charge is 2.12. The molecule has 0 saturated heterocycles. The van der Waals surface area contributed by atoms with Gasteiger partial charge in [0.2, 0.25) is 0 Å². The number of methoxy groups -OCH3 is 1. The average Bonchev–Trinajstić information content (AvgIpc) is 2.39. The molecule has 0 fully saturated rings. The maximum Gasteiger partial charge on any atom is 0.270 e. The molecule has 2 aromatic rings. The number of rotatable bonds is 3. The Bertz CT molecular complexity index is 541. The smallest absolute Gasteiger partial charge is 0.270 e. The van der Waals surface area contributed by atoms with Gasteiger partial charge in [-0.2, -0.15) is 0 Å². The fraction of sp³-hybridized carbons (Fsp3) is 0.0833. The van der Waals surface area contributed by atoms with Gasteiger partial charge in [0.1, 0.15) is 5.75 Å². The van der Waals surface area contributed by atoms with E-state index in [1.807, 2.05) is 6.07 Å². The highest BCUT2D eigenvalue weighted by molar-refractivity contribution is 5.72. The zero-order valence-electron chi connectivity index (χ0n) is 9.16. The van der Waals surface area contributed by atoms with Crippen LogP contribution in [0.4, 0.5) is 5.69 Å². The van der Waals surface area contributed by atoms with E-state index >= 15 is 0 Å². The van der Waals surface area contributed by atoms with Crippen LogP contribution < -0.4 is 4.74 Å². The molecule has 0 unspecified atom stereocenters. The zero-order chi connectivity index (χ0) is 12.3. The van der Waals surface area contributed by atoms with Crippen molar-refractivity contribution in [3.63, 3.8) is 0 Å². The summed E-state index contributed by atoms with van der Waals surface area (Å²) in [6, 6.07) is 8.08. The second kappa shape index (κ2) is 4.61. The molecule has 5 nitrogen and oxygen atoms in total. The van der Waals surface area contributed by atoms with E-state index in [4.69, 9.17) is 4.74 Å². The Morgan fingerprint density at radius 3 is 2.76 bits per heavy atom. The van der Waals surface area contributed by atoms with Gasteiger partial charge >= 0.3 is 0 Å². The van der Waals surface area contributed by atoms with E-state index in [-0.39, 0.29) is 5.69 Å². The summed E-state index contributed by atoms with van der Waals surface area (Å²) in [4.78, 5) is 14.3. The number of pyridine rings is 1.